The molecule has 1 fully saturated rings. The summed E-state index contributed by atoms with van der Waals surface area (Å²) in [5.74, 6) is 0.959. The fraction of sp³-hybridized carbons (Fsp3) is 0.538. The summed E-state index contributed by atoms with van der Waals surface area (Å²) in [4.78, 5) is 0. The summed E-state index contributed by atoms with van der Waals surface area (Å²) in [6, 6.07) is 8.91. The maximum Gasteiger partial charge on any atom is 0.121 e. The zero-order valence-electron chi connectivity index (χ0n) is 9.33. The lowest BCUT2D eigenvalue weighted by Crippen LogP contribution is -2.14. The van der Waals surface area contributed by atoms with E-state index < -0.39 is 0 Å². The predicted molar refractivity (Wildman–Crippen MR) is 63.5 cm³/mol. The van der Waals surface area contributed by atoms with Crippen LogP contribution < -0.4 is 10.1 Å². The largest absolute Gasteiger partial charge is 0.494 e. The first-order chi connectivity index (χ1) is 7.38. The van der Waals surface area contributed by atoms with Crippen molar-refractivity contribution in [3.05, 3.63) is 24.3 Å². The molecule has 1 aliphatic rings. The molecule has 1 saturated carbocycles. The first-order valence-corrected chi connectivity index (χ1v) is 5.88. The Morgan fingerprint density at radius 2 is 2.13 bits per heavy atom. The van der Waals surface area contributed by atoms with Crippen LogP contribution in [-0.4, -0.2) is 12.6 Å². The van der Waals surface area contributed by atoms with Crippen LogP contribution in [0, 0.1) is 0 Å². The molecular weight excluding hydrogens is 186 g/mol. The Balaban J connectivity index is 1.97. The predicted octanol–water partition coefficient (Wildman–Crippen LogP) is 3.44. The Hall–Kier alpha value is -1.18. The molecular formula is C13H19NO. The molecule has 0 amide bonds. The van der Waals surface area contributed by atoms with Gasteiger partial charge in [-0.05, 0) is 31.9 Å². The summed E-state index contributed by atoms with van der Waals surface area (Å²) in [5.41, 5.74) is 1.19. The molecule has 0 unspecified atom stereocenters. The summed E-state index contributed by atoms with van der Waals surface area (Å²) >= 11 is 0. The highest BCUT2D eigenvalue weighted by Gasteiger charge is 2.14. The molecule has 15 heavy (non-hydrogen) atoms. The van der Waals surface area contributed by atoms with Crippen LogP contribution in [0.25, 0.3) is 0 Å². The molecule has 0 aliphatic heterocycles. The van der Waals surface area contributed by atoms with E-state index in [1.807, 2.05) is 19.1 Å². The van der Waals surface area contributed by atoms with Gasteiger partial charge in [0.15, 0.2) is 0 Å². The third-order valence-electron chi connectivity index (χ3n) is 2.87. The van der Waals surface area contributed by atoms with Crippen LogP contribution in [0.1, 0.15) is 32.6 Å². The van der Waals surface area contributed by atoms with Crippen molar-refractivity contribution in [1.29, 1.82) is 0 Å². The van der Waals surface area contributed by atoms with Crippen LogP contribution in [0.5, 0.6) is 5.75 Å². The quantitative estimate of drug-likeness (QED) is 0.813. The van der Waals surface area contributed by atoms with E-state index in [0.717, 1.165) is 12.4 Å². The molecule has 0 saturated heterocycles. The minimum Gasteiger partial charge on any atom is -0.494 e. The van der Waals surface area contributed by atoms with Gasteiger partial charge in [-0.2, -0.15) is 0 Å². The van der Waals surface area contributed by atoms with Gasteiger partial charge in [-0.1, -0.05) is 18.9 Å². The second kappa shape index (κ2) is 5.06. The van der Waals surface area contributed by atoms with Gasteiger partial charge in [0, 0.05) is 17.8 Å². The first-order valence-electron chi connectivity index (χ1n) is 5.88. The third kappa shape index (κ3) is 2.88. The Kier molecular flexibility index (Phi) is 3.49. The van der Waals surface area contributed by atoms with Crippen LogP contribution in [0.4, 0.5) is 5.69 Å². The smallest absolute Gasteiger partial charge is 0.121 e. The Morgan fingerprint density at radius 1 is 1.33 bits per heavy atom. The lowest BCUT2D eigenvalue weighted by molar-refractivity contribution is 0.340. The molecule has 0 heterocycles. The van der Waals surface area contributed by atoms with Crippen LogP contribution in [0.2, 0.25) is 0 Å². The van der Waals surface area contributed by atoms with Crippen LogP contribution in [0.3, 0.4) is 0 Å². The second-order valence-electron chi connectivity index (χ2n) is 4.09. The second-order valence-corrected chi connectivity index (χ2v) is 4.09. The van der Waals surface area contributed by atoms with E-state index in [-0.39, 0.29) is 0 Å². The fourth-order valence-electron chi connectivity index (χ4n) is 2.15. The standard InChI is InChI=1S/C13H19NO/c1-2-15-13-9-5-8-12(10-13)14-11-6-3-4-7-11/h5,8-11,14H,2-4,6-7H2,1H3. The summed E-state index contributed by atoms with van der Waals surface area (Å²) in [6.45, 7) is 2.74. The van der Waals surface area contributed by atoms with Gasteiger partial charge in [-0.15, -0.1) is 0 Å². The van der Waals surface area contributed by atoms with E-state index >= 15 is 0 Å². The van der Waals surface area contributed by atoms with Crippen molar-refractivity contribution in [3.8, 4) is 5.75 Å². The Bertz CT molecular complexity index is 305. The van der Waals surface area contributed by atoms with E-state index in [2.05, 4.69) is 17.4 Å². The fourth-order valence-corrected chi connectivity index (χ4v) is 2.15. The van der Waals surface area contributed by atoms with Gasteiger partial charge in [-0.3, -0.25) is 0 Å². The summed E-state index contributed by atoms with van der Waals surface area (Å²) in [7, 11) is 0. The van der Waals surface area contributed by atoms with Crippen LogP contribution >= 0.6 is 0 Å². The SMILES string of the molecule is CCOc1cccc(NC2CCCC2)c1. The number of rotatable bonds is 4. The first kappa shape index (κ1) is 10.3. The van der Waals surface area contributed by atoms with Crippen LogP contribution in [0.15, 0.2) is 24.3 Å². The zero-order chi connectivity index (χ0) is 10.5. The lowest BCUT2D eigenvalue weighted by Gasteiger charge is -2.14. The Morgan fingerprint density at radius 3 is 2.87 bits per heavy atom. The summed E-state index contributed by atoms with van der Waals surface area (Å²) in [5, 5.41) is 3.56. The maximum atomic E-state index is 5.47. The van der Waals surface area contributed by atoms with Gasteiger partial charge in [0.05, 0.1) is 6.61 Å². The number of anilines is 1. The van der Waals surface area contributed by atoms with Crippen molar-refractivity contribution in [2.24, 2.45) is 0 Å². The maximum absolute atomic E-state index is 5.47. The molecule has 1 N–H and O–H groups in total. The van der Waals surface area contributed by atoms with E-state index in [0.29, 0.717) is 6.04 Å². The van der Waals surface area contributed by atoms with Gasteiger partial charge in [0.25, 0.3) is 0 Å². The number of benzene rings is 1. The monoisotopic (exact) mass is 205 g/mol. The molecule has 82 valence electrons. The van der Waals surface area contributed by atoms with Gasteiger partial charge in [0.1, 0.15) is 5.75 Å². The molecule has 0 spiro atoms. The van der Waals surface area contributed by atoms with E-state index in [1.165, 1.54) is 31.4 Å². The summed E-state index contributed by atoms with van der Waals surface area (Å²) < 4.78 is 5.47. The summed E-state index contributed by atoms with van der Waals surface area (Å²) in [6.07, 6.45) is 5.34. The van der Waals surface area contributed by atoms with Crippen molar-refractivity contribution in [2.75, 3.05) is 11.9 Å². The van der Waals surface area contributed by atoms with E-state index in [1.54, 1.807) is 0 Å². The Labute approximate surface area is 91.6 Å². The van der Waals surface area contributed by atoms with Crippen molar-refractivity contribution in [1.82, 2.24) is 0 Å². The average Bonchev–Trinajstić information content (AvgIpc) is 2.71. The highest BCUT2D eigenvalue weighted by molar-refractivity contribution is 5.48. The normalized spacial score (nSPS) is 16.6. The molecule has 1 aromatic carbocycles. The minimum absolute atomic E-state index is 0.668. The number of hydrogen-bond donors (Lipinski definition) is 1. The number of ether oxygens (including phenoxy) is 1. The molecule has 0 bridgehead atoms. The number of nitrogens with one attached hydrogen (secondary N) is 1. The van der Waals surface area contributed by atoms with E-state index in [4.69, 9.17) is 4.74 Å². The topological polar surface area (TPSA) is 21.3 Å². The van der Waals surface area contributed by atoms with Gasteiger partial charge in [0.2, 0.25) is 0 Å². The van der Waals surface area contributed by atoms with Gasteiger partial charge >= 0.3 is 0 Å². The highest BCUT2D eigenvalue weighted by atomic mass is 16.5. The molecule has 1 aliphatic carbocycles. The molecule has 1 aromatic rings. The molecule has 0 atom stereocenters. The molecule has 2 rings (SSSR count). The van der Waals surface area contributed by atoms with Gasteiger partial charge < -0.3 is 10.1 Å². The minimum atomic E-state index is 0.668. The molecule has 2 heteroatoms. The average molecular weight is 205 g/mol. The van der Waals surface area contributed by atoms with Crippen molar-refractivity contribution in [3.63, 3.8) is 0 Å². The molecule has 0 aromatic heterocycles. The van der Waals surface area contributed by atoms with Crippen molar-refractivity contribution in [2.45, 2.75) is 38.6 Å². The molecule has 0 radical (unpaired) electrons. The number of hydrogen-bond acceptors (Lipinski definition) is 2. The highest BCUT2D eigenvalue weighted by Crippen LogP contribution is 2.24. The van der Waals surface area contributed by atoms with Crippen LogP contribution in [-0.2, 0) is 0 Å². The third-order valence-corrected chi connectivity index (χ3v) is 2.87. The van der Waals surface area contributed by atoms with E-state index in [9.17, 15) is 0 Å². The lowest BCUT2D eigenvalue weighted by atomic mass is 10.2. The van der Waals surface area contributed by atoms with Gasteiger partial charge in [-0.25, -0.2) is 0 Å². The van der Waals surface area contributed by atoms with Crippen molar-refractivity contribution >= 4 is 5.69 Å². The zero-order valence-corrected chi connectivity index (χ0v) is 9.33. The van der Waals surface area contributed by atoms with Crippen molar-refractivity contribution < 1.29 is 4.74 Å². The molecule has 2 nitrogen and oxygen atoms in total.